The fourth-order valence-corrected chi connectivity index (χ4v) is 2.95. The first-order chi connectivity index (χ1) is 12.2. The van der Waals surface area contributed by atoms with Gasteiger partial charge in [0.25, 0.3) is 5.91 Å². The lowest BCUT2D eigenvalue weighted by molar-refractivity contribution is 0.0897. The maximum Gasteiger partial charge on any atom is 0.287 e. The Morgan fingerprint density at radius 1 is 1.04 bits per heavy atom. The molecule has 5 heteroatoms. The lowest BCUT2D eigenvalue weighted by Gasteiger charge is -2.26. The number of furan rings is 1. The van der Waals surface area contributed by atoms with Gasteiger partial charge in [-0.25, -0.2) is 4.39 Å². The molecule has 126 valence electrons. The molecule has 0 saturated carbocycles. The van der Waals surface area contributed by atoms with E-state index in [-0.39, 0.29) is 23.5 Å². The average Bonchev–Trinajstić information content (AvgIpc) is 3.13. The molecule has 2 aromatic carbocycles. The van der Waals surface area contributed by atoms with Gasteiger partial charge in [0, 0.05) is 17.5 Å². The summed E-state index contributed by atoms with van der Waals surface area (Å²) in [5.41, 5.74) is 1.68. The highest BCUT2D eigenvalue weighted by atomic mass is 19.1. The third-order valence-electron chi connectivity index (χ3n) is 4.22. The quantitative estimate of drug-likeness (QED) is 0.773. The maximum atomic E-state index is 13.0. The number of para-hydroxylation sites is 1. The van der Waals surface area contributed by atoms with Gasteiger partial charge in [-0.2, -0.15) is 0 Å². The summed E-state index contributed by atoms with van der Waals surface area (Å²) < 4.78 is 24.3. The van der Waals surface area contributed by atoms with Gasteiger partial charge in [-0.05, 0) is 42.5 Å². The number of fused-ring (bicyclic) bond motifs is 1. The molecule has 1 aliphatic heterocycles. The minimum absolute atomic E-state index is 0.114. The zero-order valence-corrected chi connectivity index (χ0v) is 13.4. The molecular weight excluding hydrogens is 321 g/mol. The van der Waals surface area contributed by atoms with E-state index in [1.54, 1.807) is 24.3 Å². The van der Waals surface area contributed by atoms with Gasteiger partial charge in [0.1, 0.15) is 17.3 Å². The molecule has 3 aromatic rings. The molecule has 0 radical (unpaired) electrons. The fraction of sp³-hybridized carbons (Fsp3) is 0.150. The Morgan fingerprint density at radius 3 is 2.68 bits per heavy atom. The molecule has 4 rings (SSSR count). The Labute approximate surface area is 144 Å². The van der Waals surface area contributed by atoms with Gasteiger partial charge < -0.3 is 14.5 Å². The average molecular weight is 337 g/mol. The van der Waals surface area contributed by atoms with E-state index in [9.17, 15) is 9.18 Å². The van der Waals surface area contributed by atoms with Crippen molar-refractivity contribution in [3.05, 3.63) is 77.8 Å². The highest BCUT2D eigenvalue weighted by Gasteiger charge is 2.24. The molecule has 1 N–H and O–H groups in total. The summed E-state index contributed by atoms with van der Waals surface area (Å²) in [4.78, 5) is 12.5. The predicted molar refractivity (Wildman–Crippen MR) is 90.9 cm³/mol. The first-order valence-corrected chi connectivity index (χ1v) is 8.09. The van der Waals surface area contributed by atoms with Crippen molar-refractivity contribution in [2.24, 2.45) is 0 Å². The van der Waals surface area contributed by atoms with Gasteiger partial charge in [-0.1, -0.05) is 18.2 Å². The third kappa shape index (κ3) is 3.13. The minimum Gasteiger partial charge on any atom is -0.493 e. The molecule has 1 atom stereocenters. The topological polar surface area (TPSA) is 51.5 Å². The van der Waals surface area contributed by atoms with Gasteiger partial charge in [0.2, 0.25) is 0 Å². The lowest BCUT2D eigenvalue weighted by atomic mass is 10.0. The van der Waals surface area contributed by atoms with Crippen LogP contribution in [0.25, 0.3) is 11.3 Å². The van der Waals surface area contributed by atoms with Crippen molar-refractivity contribution < 1.29 is 18.3 Å². The van der Waals surface area contributed by atoms with Crippen LogP contribution in [0, 0.1) is 5.82 Å². The zero-order valence-electron chi connectivity index (χ0n) is 13.4. The second-order valence-corrected chi connectivity index (χ2v) is 5.87. The van der Waals surface area contributed by atoms with Crippen LogP contribution in [-0.4, -0.2) is 12.5 Å². The third-order valence-corrected chi connectivity index (χ3v) is 4.22. The van der Waals surface area contributed by atoms with Gasteiger partial charge >= 0.3 is 0 Å². The Balaban J connectivity index is 1.52. The van der Waals surface area contributed by atoms with Crippen LogP contribution in [0.4, 0.5) is 4.39 Å². The molecule has 0 bridgehead atoms. The minimum atomic E-state index is -0.313. The number of amides is 1. The van der Waals surface area contributed by atoms with Crippen LogP contribution < -0.4 is 10.1 Å². The monoisotopic (exact) mass is 337 g/mol. The number of rotatable bonds is 3. The van der Waals surface area contributed by atoms with E-state index in [2.05, 4.69) is 5.32 Å². The molecule has 25 heavy (non-hydrogen) atoms. The summed E-state index contributed by atoms with van der Waals surface area (Å²) in [6.07, 6.45) is 0.703. The number of carbonyl (C=O) groups excluding carboxylic acids is 1. The van der Waals surface area contributed by atoms with Crippen molar-refractivity contribution in [3.8, 4) is 17.1 Å². The van der Waals surface area contributed by atoms with Crippen LogP contribution in [0.15, 0.2) is 65.1 Å². The van der Waals surface area contributed by atoms with Gasteiger partial charge in [-0.15, -0.1) is 0 Å². The highest BCUT2D eigenvalue weighted by molar-refractivity contribution is 5.92. The number of hydrogen-bond donors (Lipinski definition) is 1. The Hall–Kier alpha value is -3.08. The maximum absolute atomic E-state index is 13.0. The Bertz CT molecular complexity index is 901. The molecule has 0 aliphatic carbocycles. The summed E-state index contributed by atoms with van der Waals surface area (Å²) in [5, 5.41) is 2.99. The van der Waals surface area contributed by atoms with Crippen molar-refractivity contribution in [3.63, 3.8) is 0 Å². The van der Waals surface area contributed by atoms with E-state index in [0.29, 0.717) is 18.8 Å². The largest absolute Gasteiger partial charge is 0.493 e. The van der Waals surface area contributed by atoms with Crippen LogP contribution in [0.2, 0.25) is 0 Å². The number of benzene rings is 2. The highest BCUT2D eigenvalue weighted by Crippen LogP contribution is 2.32. The fourth-order valence-electron chi connectivity index (χ4n) is 2.95. The SMILES string of the molecule is O=C(NC1CCOc2ccccc21)c1ccc(-c2ccc(F)cc2)o1. The smallest absolute Gasteiger partial charge is 0.287 e. The Kier molecular flexibility index (Phi) is 3.98. The van der Waals surface area contributed by atoms with Crippen LogP contribution in [0.5, 0.6) is 5.75 Å². The second kappa shape index (κ2) is 6.43. The molecular formula is C20H16FNO3. The van der Waals surface area contributed by atoms with E-state index in [0.717, 1.165) is 16.9 Å². The summed E-state index contributed by atoms with van der Waals surface area (Å²) >= 11 is 0. The number of nitrogens with one attached hydrogen (secondary N) is 1. The normalized spacial score (nSPS) is 16.0. The lowest BCUT2D eigenvalue weighted by Crippen LogP contribution is -2.31. The number of carbonyl (C=O) groups is 1. The molecule has 0 saturated heterocycles. The van der Waals surface area contributed by atoms with E-state index >= 15 is 0 Å². The summed E-state index contributed by atoms with van der Waals surface area (Å²) in [5.74, 6) is 0.952. The van der Waals surface area contributed by atoms with E-state index in [1.165, 1.54) is 12.1 Å². The van der Waals surface area contributed by atoms with Crippen molar-refractivity contribution in [1.82, 2.24) is 5.32 Å². The van der Waals surface area contributed by atoms with Crippen LogP contribution in [0.3, 0.4) is 0 Å². The van der Waals surface area contributed by atoms with Crippen molar-refractivity contribution in [2.45, 2.75) is 12.5 Å². The van der Waals surface area contributed by atoms with Gasteiger partial charge in [0.05, 0.1) is 12.6 Å². The zero-order chi connectivity index (χ0) is 17.2. The molecule has 0 fully saturated rings. The summed E-state index contributed by atoms with van der Waals surface area (Å²) in [7, 11) is 0. The number of hydrogen-bond acceptors (Lipinski definition) is 3. The van der Waals surface area contributed by atoms with Crippen LogP contribution in [-0.2, 0) is 0 Å². The molecule has 2 heterocycles. The van der Waals surface area contributed by atoms with Crippen molar-refractivity contribution in [2.75, 3.05) is 6.61 Å². The first-order valence-electron chi connectivity index (χ1n) is 8.09. The van der Waals surface area contributed by atoms with Crippen molar-refractivity contribution in [1.29, 1.82) is 0 Å². The van der Waals surface area contributed by atoms with E-state index in [1.807, 2.05) is 24.3 Å². The molecule has 4 nitrogen and oxygen atoms in total. The van der Waals surface area contributed by atoms with Gasteiger partial charge in [0.15, 0.2) is 5.76 Å². The van der Waals surface area contributed by atoms with Crippen molar-refractivity contribution >= 4 is 5.91 Å². The second-order valence-electron chi connectivity index (χ2n) is 5.87. The number of halogens is 1. The van der Waals surface area contributed by atoms with E-state index in [4.69, 9.17) is 9.15 Å². The van der Waals surface area contributed by atoms with Gasteiger partial charge in [-0.3, -0.25) is 4.79 Å². The predicted octanol–water partition coefficient (Wildman–Crippen LogP) is 4.34. The molecule has 1 aliphatic rings. The summed E-state index contributed by atoms with van der Waals surface area (Å²) in [6, 6.07) is 16.8. The molecule has 0 spiro atoms. The molecule has 1 aromatic heterocycles. The number of ether oxygens (including phenoxy) is 1. The summed E-state index contributed by atoms with van der Waals surface area (Å²) in [6.45, 7) is 0.556. The molecule has 1 amide bonds. The van der Waals surface area contributed by atoms with Crippen LogP contribution in [0.1, 0.15) is 28.6 Å². The Morgan fingerprint density at radius 2 is 1.84 bits per heavy atom. The molecule has 1 unspecified atom stereocenters. The van der Waals surface area contributed by atoms with Crippen LogP contribution >= 0.6 is 0 Å². The first kappa shape index (κ1) is 15.4. The standard InChI is InChI=1S/C20H16FNO3/c21-14-7-5-13(6-8-14)17-9-10-19(25-17)20(23)22-16-11-12-24-18-4-2-1-3-15(16)18/h1-10,16H,11-12H2,(H,22,23). The van der Waals surface area contributed by atoms with E-state index < -0.39 is 0 Å².